The first-order valence-electron chi connectivity index (χ1n) is 9.41. The Balaban J connectivity index is 2.05. The molecule has 4 rings (SSSR count). The molecular weight excluding hydrogens is 477 g/mol. The molecule has 0 unspecified atom stereocenters. The third kappa shape index (κ3) is 4.46. The van der Waals surface area contributed by atoms with Gasteiger partial charge in [0.15, 0.2) is 9.84 Å². The van der Waals surface area contributed by atoms with Gasteiger partial charge in [-0.05, 0) is 41.0 Å². The molecule has 2 nitrogen and oxygen atoms in total. The van der Waals surface area contributed by atoms with Gasteiger partial charge < -0.3 is 0 Å². The Morgan fingerprint density at radius 1 is 0.750 bits per heavy atom. The molecule has 8 heteroatoms. The number of alkyl halides is 3. The van der Waals surface area contributed by atoms with E-state index >= 15 is 0 Å². The van der Waals surface area contributed by atoms with Crippen LogP contribution in [0, 0.1) is 0 Å². The third-order valence-electron chi connectivity index (χ3n) is 4.91. The van der Waals surface area contributed by atoms with Gasteiger partial charge in [0.1, 0.15) is 0 Å². The van der Waals surface area contributed by atoms with Crippen LogP contribution >= 0.6 is 22.9 Å². The molecule has 1 heterocycles. The van der Waals surface area contributed by atoms with Crippen LogP contribution in [0.3, 0.4) is 0 Å². The molecule has 0 fully saturated rings. The molecule has 0 N–H and O–H groups in total. The van der Waals surface area contributed by atoms with Crippen molar-refractivity contribution in [2.75, 3.05) is 6.26 Å². The highest BCUT2D eigenvalue weighted by Crippen LogP contribution is 2.53. The Labute approximate surface area is 192 Å². The van der Waals surface area contributed by atoms with E-state index in [0.29, 0.717) is 21.0 Å². The van der Waals surface area contributed by atoms with Crippen LogP contribution in [0.4, 0.5) is 13.2 Å². The Morgan fingerprint density at radius 2 is 1.28 bits per heavy atom. The van der Waals surface area contributed by atoms with Gasteiger partial charge in [-0.15, -0.1) is 11.3 Å². The number of benzene rings is 3. The van der Waals surface area contributed by atoms with Crippen LogP contribution < -0.4 is 0 Å². The summed E-state index contributed by atoms with van der Waals surface area (Å²) in [5.74, 6) is 0. The second-order valence-corrected chi connectivity index (χ2v) is 10.7. The second kappa shape index (κ2) is 8.39. The smallest absolute Gasteiger partial charge is 0.224 e. The van der Waals surface area contributed by atoms with Crippen LogP contribution in [0.15, 0.2) is 83.8 Å². The van der Waals surface area contributed by atoms with Crippen molar-refractivity contribution in [3.05, 3.63) is 89.4 Å². The Kier molecular flexibility index (Phi) is 5.92. The zero-order chi connectivity index (χ0) is 23.1. The van der Waals surface area contributed by atoms with Crippen molar-refractivity contribution in [3.8, 4) is 32.0 Å². The lowest BCUT2D eigenvalue weighted by molar-refractivity contribution is -0.136. The van der Waals surface area contributed by atoms with Crippen molar-refractivity contribution in [2.45, 2.75) is 11.1 Å². The quantitative estimate of drug-likeness (QED) is 0.291. The van der Waals surface area contributed by atoms with E-state index < -0.39 is 21.6 Å². The monoisotopic (exact) mass is 492 g/mol. The minimum atomic E-state index is -4.63. The average molecular weight is 493 g/mol. The van der Waals surface area contributed by atoms with E-state index in [0.717, 1.165) is 17.6 Å². The first-order valence-corrected chi connectivity index (χ1v) is 12.5. The van der Waals surface area contributed by atoms with Gasteiger partial charge in [-0.3, -0.25) is 0 Å². The highest BCUT2D eigenvalue weighted by molar-refractivity contribution is 7.90. The summed E-state index contributed by atoms with van der Waals surface area (Å²) >= 11 is 7.04. The van der Waals surface area contributed by atoms with Gasteiger partial charge in [-0.2, -0.15) is 13.2 Å². The van der Waals surface area contributed by atoms with Crippen molar-refractivity contribution < 1.29 is 21.6 Å². The maximum Gasteiger partial charge on any atom is 0.418 e. The molecule has 4 aromatic rings. The predicted octanol–water partition coefficient (Wildman–Crippen LogP) is 7.82. The highest BCUT2D eigenvalue weighted by Gasteiger charge is 2.40. The summed E-state index contributed by atoms with van der Waals surface area (Å²) in [5, 5.41) is 0.476. The SMILES string of the molecule is CS(=O)(=O)c1ccc(-c2c(-c3ccc(Cl)cc3)sc(-c3ccccc3)c2C(F)(F)F)cc1. The van der Waals surface area contributed by atoms with Gasteiger partial charge in [0, 0.05) is 26.6 Å². The molecule has 0 saturated heterocycles. The molecule has 0 spiro atoms. The Hall–Kier alpha value is -2.61. The van der Waals surface area contributed by atoms with Crippen LogP contribution in [-0.2, 0) is 16.0 Å². The maximum atomic E-state index is 14.4. The van der Waals surface area contributed by atoms with Crippen molar-refractivity contribution in [2.24, 2.45) is 0 Å². The lowest BCUT2D eigenvalue weighted by Gasteiger charge is -2.13. The highest BCUT2D eigenvalue weighted by atomic mass is 35.5. The second-order valence-electron chi connectivity index (χ2n) is 7.18. The number of rotatable bonds is 4. The standard InChI is InChI=1S/C24H16ClF3O2S2/c1-32(29,30)19-13-9-15(10-14-19)20-21(24(26,27)28)23(16-5-3-2-4-6-16)31-22(20)17-7-11-18(25)12-8-17/h2-14H,1H3. The summed E-state index contributed by atoms with van der Waals surface area (Å²) in [7, 11) is -3.48. The fourth-order valence-corrected chi connectivity index (χ4v) is 5.55. The molecule has 0 aliphatic carbocycles. The molecule has 0 radical (unpaired) electrons. The summed E-state index contributed by atoms with van der Waals surface area (Å²) in [5.41, 5.74) is 0.607. The van der Waals surface area contributed by atoms with Gasteiger partial charge in [0.05, 0.1) is 10.5 Å². The first-order chi connectivity index (χ1) is 15.1. The zero-order valence-electron chi connectivity index (χ0n) is 16.7. The van der Waals surface area contributed by atoms with Crippen molar-refractivity contribution >= 4 is 32.8 Å². The van der Waals surface area contributed by atoms with E-state index in [9.17, 15) is 21.6 Å². The topological polar surface area (TPSA) is 34.1 Å². The third-order valence-corrected chi connectivity index (χ3v) is 7.57. The van der Waals surface area contributed by atoms with Crippen LogP contribution in [0.1, 0.15) is 5.56 Å². The van der Waals surface area contributed by atoms with Crippen LogP contribution in [0.25, 0.3) is 32.0 Å². The number of sulfone groups is 1. The molecule has 0 amide bonds. The molecule has 0 aliphatic heterocycles. The number of hydrogen-bond acceptors (Lipinski definition) is 3. The molecular formula is C24H16ClF3O2S2. The van der Waals surface area contributed by atoms with Gasteiger partial charge in [0.2, 0.25) is 0 Å². The van der Waals surface area contributed by atoms with Gasteiger partial charge in [-0.25, -0.2) is 8.42 Å². The van der Waals surface area contributed by atoms with Crippen molar-refractivity contribution in [1.82, 2.24) is 0 Å². The lowest BCUT2D eigenvalue weighted by atomic mass is 9.95. The maximum absolute atomic E-state index is 14.4. The molecule has 0 saturated carbocycles. The molecule has 0 aliphatic rings. The fraction of sp³-hybridized carbons (Fsp3) is 0.0833. The van der Waals surface area contributed by atoms with E-state index in [4.69, 9.17) is 11.6 Å². The van der Waals surface area contributed by atoms with Gasteiger partial charge in [-0.1, -0.05) is 66.2 Å². The molecule has 3 aromatic carbocycles. The molecule has 0 bridgehead atoms. The predicted molar refractivity (Wildman–Crippen MR) is 124 cm³/mol. The fourth-order valence-electron chi connectivity index (χ4n) is 3.44. The summed E-state index contributed by atoms with van der Waals surface area (Å²) in [6.07, 6.45) is -3.57. The molecule has 1 aromatic heterocycles. The van der Waals surface area contributed by atoms with Crippen molar-refractivity contribution in [1.29, 1.82) is 0 Å². The largest absolute Gasteiger partial charge is 0.418 e. The van der Waals surface area contributed by atoms with Crippen molar-refractivity contribution in [3.63, 3.8) is 0 Å². The normalized spacial score (nSPS) is 12.2. The zero-order valence-corrected chi connectivity index (χ0v) is 19.0. The molecule has 164 valence electrons. The minimum Gasteiger partial charge on any atom is -0.224 e. The van der Waals surface area contributed by atoms with E-state index in [2.05, 4.69) is 0 Å². The first kappa shape index (κ1) is 22.6. The summed E-state index contributed by atoms with van der Waals surface area (Å²) in [4.78, 5) is 0.576. The minimum absolute atomic E-state index is 0.0173. The number of halogens is 4. The van der Waals surface area contributed by atoms with Crippen LogP contribution in [-0.4, -0.2) is 14.7 Å². The summed E-state index contributed by atoms with van der Waals surface area (Å²) in [6.45, 7) is 0. The number of thiophene rings is 1. The number of hydrogen-bond donors (Lipinski definition) is 0. The Bertz CT molecular complexity index is 1360. The average Bonchev–Trinajstić information content (AvgIpc) is 3.16. The van der Waals surface area contributed by atoms with Gasteiger partial charge >= 0.3 is 6.18 Å². The van der Waals surface area contributed by atoms with Crippen LogP contribution in [0.2, 0.25) is 5.02 Å². The summed E-state index contributed by atoms with van der Waals surface area (Å²) in [6, 6.07) is 20.5. The Morgan fingerprint density at radius 3 is 1.81 bits per heavy atom. The summed E-state index contributed by atoms with van der Waals surface area (Å²) < 4.78 is 66.9. The van der Waals surface area contributed by atoms with Crippen LogP contribution in [0.5, 0.6) is 0 Å². The van der Waals surface area contributed by atoms with E-state index in [-0.39, 0.29) is 20.9 Å². The molecule has 32 heavy (non-hydrogen) atoms. The molecule has 0 atom stereocenters. The lowest BCUT2D eigenvalue weighted by Crippen LogP contribution is -2.07. The van der Waals surface area contributed by atoms with E-state index in [1.165, 1.54) is 24.3 Å². The van der Waals surface area contributed by atoms with Gasteiger partial charge in [0.25, 0.3) is 0 Å². The van der Waals surface area contributed by atoms with E-state index in [1.54, 1.807) is 54.6 Å². The van der Waals surface area contributed by atoms with E-state index in [1.807, 2.05) is 0 Å².